The minimum absolute atomic E-state index is 0.172. The Morgan fingerprint density at radius 1 is 1.42 bits per heavy atom. The van der Waals surface area contributed by atoms with E-state index in [2.05, 4.69) is 10.3 Å². The molecule has 3 nitrogen and oxygen atoms in total. The monoisotopic (exact) mass is 261 g/mol. The number of rotatable bonds is 4. The third kappa shape index (κ3) is 3.06. The van der Waals surface area contributed by atoms with Crippen molar-refractivity contribution >= 4 is 5.96 Å². The Balaban J connectivity index is 1.49. The van der Waals surface area contributed by atoms with E-state index in [1.165, 1.54) is 25.3 Å². The fourth-order valence-electron chi connectivity index (χ4n) is 2.60. The zero-order valence-corrected chi connectivity index (χ0v) is 11.0. The smallest absolute Gasteiger partial charge is 0.188 e. The quantitative estimate of drug-likeness (QED) is 0.646. The van der Waals surface area contributed by atoms with Gasteiger partial charge in [-0.25, -0.2) is 4.39 Å². The SMILES string of the molecule is NC(=NCC1CCC1)NC1CC1c1cccc(F)c1. The average Bonchev–Trinajstić information content (AvgIpc) is 3.06. The van der Waals surface area contributed by atoms with Gasteiger partial charge >= 0.3 is 0 Å². The standard InChI is InChI=1S/C15H20FN3/c16-12-6-2-5-11(7-12)13-8-14(13)19-15(17)18-9-10-3-1-4-10/h2,5-7,10,13-14H,1,3-4,8-9H2,(H3,17,18,19). The third-order valence-corrected chi connectivity index (χ3v) is 4.15. The molecule has 2 unspecified atom stereocenters. The van der Waals surface area contributed by atoms with E-state index in [1.807, 2.05) is 6.07 Å². The molecule has 0 saturated heterocycles. The summed E-state index contributed by atoms with van der Waals surface area (Å²) in [6.07, 6.45) is 4.90. The van der Waals surface area contributed by atoms with E-state index < -0.39 is 0 Å². The second kappa shape index (κ2) is 5.19. The normalized spacial score (nSPS) is 26.9. The maximum Gasteiger partial charge on any atom is 0.188 e. The van der Waals surface area contributed by atoms with Crippen LogP contribution in [0.15, 0.2) is 29.3 Å². The number of guanidine groups is 1. The van der Waals surface area contributed by atoms with Gasteiger partial charge in [0.05, 0.1) is 0 Å². The van der Waals surface area contributed by atoms with Crippen molar-refractivity contribution in [2.75, 3.05) is 6.54 Å². The molecule has 3 rings (SSSR count). The zero-order chi connectivity index (χ0) is 13.2. The number of hydrogen-bond acceptors (Lipinski definition) is 1. The first-order chi connectivity index (χ1) is 9.22. The lowest BCUT2D eigenvalue weighted by Crippen LogP contribution is -2.35. The summed E-state index contributed by atoms with van der Waals surface area (Å²) >= 11 is 0. The number of hydrogen-bond donors (Lipinski definition) is 2. The molecule has 0 aliphatic heterocycles. The van der Waals surface area contributed by atoms with Crippen LogP contribution in [0.5, 0.6) is 0 Å². The largest absolute Gasteiger partial charge is 0.370 e. The number of nitrogens with zero attached hydrogens (tertiary/aromatic N) is 1. The number of nitrogens with two attached hydrogens (primary N) is 1. The molecule has 2 aliphatic rings. The lowest BCUT2D eigenvalue weighted by molar-refractivity contribution is 0.326. The first-order valence-corrected chi connectivity index (χ1v) is 7.04. The van der Waals surface area contributed by atoms with Crippen LogP contribution in [0.2, 0.25) is 0 Å². The van der Waals surface area contributed by atoms with Gasteiger partial charge in [-0.1, -0.05) is 18.6 Å². The van der Waals surface area contributed by atoms with E-state index in [0.29, 0.717) is 17.9 Å². The summed E-state index contributed by atoms with van der Waals surface area (Å²) in [4.78, 5) is 4.38. The molecule has 3 N–H and O–H groups in total. The van der Waals surface area contributed by atoms with Gasteiger partial charge in [0, 0.05) is 18.5 Å². The fourth-order valence-corrected chi connectivity index (χ4v) is 2.60. The summed E-state index contributed by atoms with van der Waals surface area (Å²) in [7, 11) is 0. The first kappa shape index (κ1) is 12.5. The van der Waals surface area contributed by atoms with Crippen LogP contribution in [0.25, 0.3) is 0 Å². The van der Waals surface area contributed by atoms with E-state index >= 15 is 0 Å². The Hall–Kier alpha value is -1.58. The van der Waals surface area contributed by atoms with E-state index in [-0.39, 0.29) is 5.82 Å². The molecular formula is C15H20FN3. The number of benzene rings is 1. The minimum atomic E-state index is -0.172. The van der Waals surface area contributed by atoms with Gasteiger partial charge in [0.1, 0.15) is 5.82 Å². The number of aliphatic imine (C=N–C) groups is 1. The maximum absolute atomic E-state index is 13.1. The Morgan fingerprint density at radius 2 is 2.26 bits per heavy atom. The highest BCUT2D eigenvalue weighted by Gasteiger charge is 2.38. The van der Waals surface area contributed by atoms with Crippen molar-refractivity contribution in [3.8, 4) is 0 Å². The van der Waals surface area contributed by atoms with Crippen molar-refractivity contribution in [2.45, 2.75) is 37.6 Å². The second-order valence-electron chi connectivity index (χ2n) is 5.67. The molecule has 2 aliphatic carbocycles. The molecule has 0 aromatic heterocycles. The molecule has 2 atom stereocenters. The van der Waals surface area contributed by atoms with Crippen molar-refractivity contribution in [2.24, 2.45) is 16.6 Å². The molecule has 1 aromatic carbocycles. The molecule has 2 fully saturated rings. The van der Waals surface area contributed by atoms with Crippen LogP contribution in [-0.4, -0.2) is 18.5 Å². The summed E-state index contributed by atoms with van der Waals surface area (Å²) < 4.78 is 13.1. The van der Waals surface area contributed by atoms with Crippen LogP contribution in [0.3, 0.4) is 0 Å². The van der Waals surface area contributed by atoms with Crippen molar-refractivity contribution in [3.05, 3.63) is 35.6 Å². The minimum Gasteiger partial charge on any atom is -0.370 e. The van der Waals surface area contributed by atoms with E-state index in [9.17, 15) is 4.39 Å². The van der Waals surface area contributed by atoms with Crippen molar-refractivity contribution in [1.82, 2.24) is 5.32 Å². The fraction of sp³-hybridized carbons (Fsp3) is 0.533. The molecule has 0 heterocycles. The number of halogens is 1. The highest BCUT2D eigenvalue weighted by molar-refractivity contribution is 5.78. The van der Waals surface area contributed by atoms with Crippen LogP contribution in [0.1, 0.15) is 37.2 Å². The van der Waals surface area contributed by atoms with Gasteiger partial charge in [-0.05, 0) is 42.9 Å². The highest BCUT2D eigenvalue weighted by Crippen LogP contribution is 2.40. The van der Waals surface area contributed by atoms with Gasteiger partial charge in [-0.2, -0.15) is 0 Å². The Labute approximate surface area is 113 Å². The van der Waals surface area contributed by atoms with Crippen LogP contribution in [0.4, 0.5) is 4.39 Å². The molecule has 0 bridgehead atoms. The van der Waals surface area contributed by atoms with Gasteiger partial charge in [0.2, 0.25) is 0 Å². The molecule has 0 radical (unpaired) electrons. The summed E-state index contributed by atoms with van der Waals surface area (Å²) in [6.45, 7) is 0.843. The van der Waals surface area contributed by atoms with Crippen LogP contribution in [0, 0.1) is 11.7 Å². The predicted octanol–water partition coefficient (Wildman–Crippen LogP) is 2.39. The van der Waals surface area contributed by atoms with Gasteiger partial charge in [0.25, 0.3) is 0 Å². The van der Waals surface area contributed by atoms with Gasteiger partial charge in [-0.15, -0.1) is 0 Å². The van der Waals surface area contributed by atoms with E-state index in [0.717, 1.165) is 24.4 Å². The Morgan fingerprint density at radius 3 is 2.95 bits per heavy atom. The van der Waals surface area contributed by atoms with Crippen molar-refractivity contribution in [3.63, 3.8) is 0 Å². The molecule has 102 valence electrons. The zero-order valence-electron chi connectivity index (χ0n) is 11.0. The second-order valence-corrected chi connectivity index (χ2v) is 5.67. The lowest BCUT2D eigenvalue weighted by Gasteiger charge is -2.23. The van der Waals surface area contributed by atoms with Gasteiger partial charge in [0.15, 0.2) is 5.96 Å². The third-order valence-electron chi connectivity index (χ3n) is 4.15. The molecule has 1 aromatic rings. The van der Waals surface area contributed by atoms with Gasteiger partial charge < -0.3 is 11.1 Å². The Kier molecular flexibility index (Phi) is 3.40. The lowest BCUT2D eigenvalue weighted by atomic mass is 9.86. The summed E-state index contributed by atoms with van der Waals surface area (Å²) in [5.74, 6) is 1.47. The van der Waals surface area contributed by atoms with E-state index in [4.69, 9.17) is 5.73 Å². The molecule has 19 heavy (non-hydrogen) atoms. The van der Waals surface area contributed by atoms with E-state index in [1.54, 1.807) is 12.1 Å². The first-order valence-electron chi connectivity index (χ1n) is 7.04. The topological polar surface area (TPSA) is 50.4 Å². The maximum atomic E-state index is 13.1. The van der Waals surface area contributed by atoms with Crippen LogP contribution >= 0.6 is 0 Å². The molecule has 2 saturated carbocycles. The summed E-state index contributed by atoms with van der Waals surface area (Å²) in [5, 5.41) is 3.23. The van der Waals surface area contributed by atoms with Gasteiger partial charge in [-0.3, -0.25) is 4.99 Å². The molecule has 0 amide bonds. The summed E-state index contributed by atoms with van der Waals surface area (Å²) in [5.41, 5.74) is 6.92. The summed E-state index contributed by atoms with van der Waals surface area (Å²) in [6, 6.07) is 7.12. The number of nitrogens with one attached hydrogen (secondary N) is 1. The van der Waals surface area contributed by atoms with Crippen LogP contribution in [-0.2, 0) is 0 Å². The molecular weight excluding hydrogens is 241 g/mol. The van der Waals surface area contributed by atoms with Crippen LogP contribution < -0.4 is 11.1 Å². The highest BCUT2D eigenvalue weighted by atomic mass is 19.1. The predicted molar refractivity (Wildman–Crippen MR) is 74.5 cm³/mol. The van der Waals surface area contributed by atoms with Crippen molar-refractivity contribution in [1.29, 1.82) is 0 Å². The average molecular weight is 261 g/mol. The Bertz CT molecular complexity index is 482. The van der Waals surface area contributed by atoms with Crippen molar-refractivity contribution < 1.29 is 4.39 Å². The molecule has 4 heteroatoms. The molecule has 0 spiro atoms.